The minimum absolute atomic E-state index is 0.0624. The summed E-state index contributed by atoms with van der Waals surface area (Å²) in [6.45, 7) is 4.77. The lowest BCUT2D eigenvalue weighted by Gasteiger charge is -2.16. The second-order valence-electron chi connectivity index (χ2n) is 4.87. The Morgan fingerprint density at radius 1 is 1.25 bits per heavy atom. The first-order chi connectivity index (χ1) is 9.58. The number of rotatable bonds is 8. The minimum Gasteiger partial charge on any atom is -0.469 e. The van der Waals surface area contributed by atoms with Gasteiger partial charge in [0.1, 0.15) is 0 Å². The number of aryl methyl sites for hydroxylation is 1. The molecule has 0 aliphatic rings. The number of hydrogen-bond donors (Lipinski definition) is 1. The van der Waals surface area contributed by atoms with Crippen molar-refractivity contribution >= 4 is 11.8 Å². The maximum atomic E-state index is 12.4. The number of Topliss-reactive ketones (excluding diaryl/α,β-unsaturated/α-hetero) is 1. The number of nitrogens with one attached hydrogen (secondary N) is 1. The van der Waals surface area contributed by atoms with Crippen molar-refractivity contribution in [1.82, 2.24) is 5.32 Å². The molecule has 0 fully saturated rings. The Bertz CT molecular complexity index is 440. The first-order valence-corrected chi connectivity index (χ1v) is 6.99. The Hall–Kier alpha value is -1.68. The third-order valence-electron chi connectivity index (χ3n) is 3.17. The Balaban J connectivity index is 2.76. The molecule has 0 saturated carbocycles. The summed E-state index contributed by atoms with van der Waals surface area (Å²) >= 11 is 0. The monoisotopic (exact) mass is 277 g/mol. The fourth-order valence-electron chi connectivity index (χ4n) is 1.88. The van der Waals surface area contributed by atoms with Crippen LogP contribution in [0.4, 0.5) is 0 Å². The van der Waals surface area contributed by atoms with Gasteiger partial charge in [-0.3, -0.25) is 9.59 Å². The number of methoxy groups -OCH3 is 1. The van der Waals surface area contributed by atoms with Gasteiger partial charge in [0.2, 0.25) is 0 Å². The number of carbonyl (C=O) groups is 2. The van der Waals surface area contributed by atoms with E-state index in [9.17, 15) is 9.59 Å². The second-order valence-corrected chi connectivity index (χ2v) is 4.87. The lowest BCUT2D eigenvalue weighted by Crippen LogP contribution is -2.39. The predicted molar refractivity (Wildman–Crippen MR) is 78.8 cm³/mol. The zero-order valence-electron chi connectivity index (χ0n) is 12.4. The van der Waals surface area contributed by atoms with Gasteiger partial charge < -0.3 is 10.1 Å². The first kappa shape index (κ1) is 16.4. The zero-order valence-corrected chi connectivity index (χ0v) is 12.4. The molecule has 0 aromatic heterocycles. The molecule has 0 aliphatic carbocycles. The van der Waals surface area contributed by atoms with Gasteiger partial charge in [0.25, 0.3) is 0 Å². The van der Waals surface area contributed by atoms with Gasteiger partial charge in [-0.1, -0.05) is 43.2 Å². The van der Waals surface area contributed by atoms with E-state index in [2.05, 4.69) is 17.0 Å². The molecule has 0 spiro atoms. The molecule has 0 amide bonds. The van der Waals surface area contributed by atoms with E-state index < -0.39 is 6.04 Å². The van der Waals surface area contributed by atoms with E-state index in [-0.39, 0.29) is 18.2 Å². The summed E-state index contributed by atoms with van der Waals surface area (Å²) in [6.07, 6.45) is 2.07. The topological polar surface area (TPSA) is 55.4 Å². The average Bonchev–Trinajstić information content (AvgIpc) is 2.46. The molecule has 4 nitrogen and oxygen atoms in total. The minimum atomic E-state index is -0.517. The van der Waals surface area contributed by atoms with Gasteiger partial charge in [0, 0.05) is 5.56 Å². The van der Waals surface area contributed by atoms with Crippen molar-refractivity contribution < 1.29 is 14.3 Å². The molecule has 0 heterocycles. The van der Waals surface area contributed by atoms with Crippen molar-refractivity contribution in [3.05, 3.63) is 35.4 Å². The van der Waals surface area contributed by atoms with Crippen LogP contribution in [0.15, 0.2) is 24.3 Å². The molecule has 1 atom stereocenters. The molecule has 1 aromatic carbocycles. The number of hydrogen-bond acceptors (Lipinski definition) is 4. The summed E-state index contributed by atoms with van der Waals surface area (Å²) in [7, 11) is 1.34. The fourth-order valence-corrected chi connectivity index (χ4v) is 1.88. The molecule has 1 unspecified atom stereocenters. The smallest absolute Gasteiger partial charge is 0.307 e. The Kier molecular flexibility index (Phi) is 6.94. The van der Waals surface area contributed by atoms with E-state index in [1.807, 2.05) is 19.1 Å². The number of unbranched alkanes of at least 4 members (excludes halogenated alkanes) is 1. The SMILES string of the molecule is CCCCNC(CC(=O)OC)C(=O)c1ccc(C)cc1. The highest BCUT2D eigenvalue weighted by Gasteiger charge is 2.22. The molecular weight excluding hydrogens is 254 g/mol. The quantitative estimate of drug-likeness (QED) is 0.450. The number of ketones is 1. The Morgan fingerprint density at radius 3 is 2.45 bits per heavy atom. The van der Waals surface area contributed by atoms with Crippen molar-refractivity contribution in [2.75, 3.05) is 13.7 Å². The van der Waals surface area contributed by atoms with Gasteiger partial charge in [-0.25, -0.2) is 0 Å². The van der Waals surface area contributed by atoms with E-state index in [1.165, 1.54) is 7.11 Å². The lowest BCUT2D eigenvalue weighted by molar-refractivity contribution is -0.140. The predicted octanol–water partition coefficient (Wildman–Crippen LogP) is 2.50. The van der Waals surface area contributed by atoms with Crippen LogP contribution in [0.25, 0.3) is 0 Å². The molecule has 1 N–H and O–H groups in total. The van der Waals surface area contributed by atoms with Crippen molar-refractivity contribution in [1.29, 1.82) is 0 Å². The Labute approximate surface area is 120 Å². The number of esters is 1. The standard InChI is InChI=1S/C16H23NO3/c1-4-5-10-17-14(11-15(18)20-3)16(19)13-8-6-12(2)7-9-13/h6-9,14,17H,4-5,10-11H2,1-3H3. The van der Waals surface area contributed by atoms with Crippen LogP contribution in [0.3, 0.4) is 0 Å². The summed E-state index contributed by atoms with van der Waals surface area (Å²) in [5.41, 5.74) is 1.72. The van der Waals surface area contributed by atoms with Crippen molar-refractivity contribution in [3.63, 3.8) is 0 Å². The van der Waals surface area contributed by atoms with Crippen LogP contribution in [0.2, 0.25) is 0 Å². The van der Waals surface area contributed by atoms with Crippen LogP contribution in [-0.4, -0.2) is 31.4 Å². The summed E-state index contributed by atoms with van der Waals surface area (Å²) in [4.78, 5) is 23.9. The second kappa shape index (κ2) is 8.48. The van der Waals surface area contributed by atoms with Gasteiger partial charge in [-0.2, -0.15) is 0 Å². The largest absolute Gasteiger partial charge is 0.469 e. The van der Waals surface area contributed by atoms with Crippen molar-refractivity contribution in [3.8, 4) is 0 Å². The van der Waals surface area contributed by atoms with Gasteiger partial charge >= 0.3 is 5.97 Å². The molecule has 20 heavy (non-hydrogen) atoms. The number of ether oxygens (including phenoxy) is 1. The molecule has 4 heteroatoms. The van der Waals surface area contributed by atoms with E-state index >= 15 is 0 Å². The van der Waals surface area contributed by atoms with Crippen molar-refractivity contribution in [2.24, 2.45) is 0 Å². The van der Waals surface area contributed by atoms with E-state index in [4.69, 9.17) is 0 Å². The molecule has 1 rings (SSSR count). The van der Waals surface area contributed by atoms with E-state index in [0.717, 1.165) is 24.9 Å². The maximum absolute atomic E-state index is 12.4. The average molecular weight is 277 g/mol. The zero-order chi connectivity index (χ0) is 15.0. The summed E-state index contributed by atoms with van der Waals surface area (Å²) in [5.74, 6) is -0.439. The van der Waals surface area contributed by atoms with Gasteiger partial charge in [0.15, 0.2) is 5.78 Å². The van der Waals surface area contributed by atoms with Crippen LogP contribution in [0.1, 0.15) is 42.1 Å². The molecule has 1 aromatic rings. The van der Waals surface area contributed by atoms with Gasteiger partial charge in [-0.05, 0) is 19.9 Å². The number of carbonyl (C=O) groups excluding carboxylic acids is 2. The van der Waals surface area contributed by atoms with E-state index in [0.29, 0.717) is 5.56 Å². The number of benzene rings is 1. The van der Waals surface area contributed by atoms with Crippen LogP contribution < -0.4 is 5.32 Å². The van der Waals surface area contributed by atoms with Crippen LogP contribution in [0.5, 0.6) is 0 Å². The highest BCUT2D eigenvalue weighted by atomic mass is 16.5. The van der Waals surface area contributed by atoms with Crippen LogP contribution in [0, 0.1) is 6.92 Å². The highest BCUT2D eigenvalue weighted by molar-refractivity contribution is 6.01. The van der Waals surface area contributed by atoms with Gasteiger partial charge in [-0.15, -0.1) is 0 Å². The lowest BCUT2D eigenvalue weighted by atomic mass is 10.0. The Morgan fingerprint density at radius 2 is 1.90 bits per heavy atom. The van der Waals surface area contributed by atoms with Crippen LogP contribution >= 0.6 is 0 Å². The molecule has 0 bridgehead atoms. The van der Waals surface area contributed by atoms with Gasteiger partial charge in [0.05, 0.1) is 19.6 Å². The first-order valence-electron chi connectivity index (χ1n) is 6.99. The molecule has 0 aliphatic heterocycles. The third kappa shape index (κ3) is 5.13. The highest BCUT2D eigenvalue weighted by Crippen LogP contribution is 2.09. The third-order valence-corrected chi connectivity index (χ3v) is 3.17. The van der Waals surface area contributed by atoms with Crippen LogP contribution in [-0.2, 0) is 9.53 Å². The summed E-state index contributed by atoms with van der Waals surface area (Å²) in [5, 5.41) is 3.15. The summed E-state index contributed by atoms with van der Waals surface area (Å²) < 4.78 is 4.66. The molecule has 0 saturated heterocycles. The maximum Gasteiger partial charge on any atom is 0.307 e. The molecular formula is C16H23NO3. The summed E-state index contributed by atoms with van der Waals surface area (Å²) in [6, 6.07) is 6.87. The molecule has 0 radical (unpaired) electrons. The normalized spacial score (nSPS) is 11.9. The fraction of sp³-hybridized carbons (Fsp3) is 0.500. The molecule has 110 valence electrons. The van der Waals surface area contributed by atoms with Crippen molar-refractivity contribution in [2.45, 2.75) is 39.2 Å². The van der Waals surface area contributed by atoms with E-state index in [1.54, 1.807) is 12.1 Å².